The predicted octanol–water partition coefficient (Wildman–Crippen LogP) is 2.76. The van der Waals surface area contributed by atoms with E-state index in [1.807, 2.05) is 0 Å². The van der Waals surface area contributed by atoms with Gasteiger partial charge in [-0.25, -0.2) is 4.79 Å². The molecule has 0 aliphatic carbocycles. The number of nitro benzene ring substituents is 1. The molecule has 0 heterocycles. The summed E-state index contributed by atoms with van der Waals surface area (Å²) in [6.45, 7) is 1.64. The standard InChI is InChI=1S/C8H7BrN2O4/c1-4-2-5(11(14)15)3-6(7(4)9)10-8(12)13/h2-3,10H,1H3,(H,12,13). The Morgan fingerprint density at radius 1 is 1.60 bits per heavy atom. The van der Waals surface area contributed by atoms with Gasteiger partial charge in [-0.05, 0) is 28.4 Å². The monoisotopic (exact) mass is 274 g/mol. The van der Waals surface area contributed by atoms with Crippen LogP contribution in [0.2, 0.25) is 0 Å². The number of carboxylic acid groups (broad SMARTS) is 1. The summed E-state index contributed by atoms with van der Waals surface area (Å²) >= 11 is 3.14. The largest absolute Gasteiger partial charge is 0.465 e. The summed E-state index contributed by atoms with van der Waals surface area (Å²) in [4.78, 5) is 20.4. The number of nitrogens with one attached hydrogen (secondary N) is 1. The quantitative estimate of drug-likeness (QED) is 0.641. The highest BCUT2D eigenvalue weighted by Gasteiger charge is 2.13. The topological polar surface area (TPSA) is 92.5 Å². The molecular weight excluding hydrogens is 268 g/mol. The van der Waals surface area contributed by atoms with Gasteiger partial charge >= 0.3 is 6.09 Å². The Kier molecular flexibility index (Phi) is 3.25. The van der Waals surface area contributed by atoms with Gasteiger partial charge in [-0.15, -0.1) is 0 Å². The van der Waals surface area contributed by atoms with E-state index in [-0.39, 0.29) is 11.4 Å². The first-order valence-corrected chi connectivity index (χ1v) is 4.65. The van der Waals surface area contributed by atoms with Crippen molar-refractivity contribution in [2.75, 3.05) is 5.32 Å². The summed E-state index contributed by atoms with van der Waals surface area (Å²) in [5.41, 5.74) is 0.599. The number of hydrogen-bond donors (Lipinski definition) is 2. The van der Waals surface area contributed by atoms with E-state index < -0.39 is 11.0 Å². The Hall–Kier alpha value is -1.63. The number of hydrogen-bond acceptors (Lipinski definition) is 3. The molecule has 15 heavy (non-hydrogen) atoms. The molecule has 2 N–H and O–H groups in total. The Bertz CT molecular complexity index is 433. The smallest absolute Gasteiger partial charge is 0.409 e. The molecule has 0 aromatic heterocycles. The molecule has 0 bridgehead atoms. The molecule has 1 rings (SSSR count). The van der Waals surface area contributed by atoms with Crippen LogP contribution in [0.5, 0.6) is 0 Å². The molecule has 0 atom stereocenters. The summed E-state index contributed by atoms with van der Waals surface area (Å²) in [5, 5.41) is 21.1. The minimum Gasteiger partial charge on any atom is -0.465 e. The number of aryl methyl sites for hydroxylation is 1. The Labute approximate surface area is 93.2 Å². The lowest BCUT2D eigenvalue weighted by atomic mass is 10.2. The van der Waals surface area contributed by atoms with E-state index in [9.17, 15) is 14.9 Å². The van der Waals surface area contributed by atoms with E-state index in [1.54, 1.807) is 6.92 Å². The van der Waals surface area contributed by atoms with Crippen molar-refractivity contribution in [3.8, 4) is 0 Å². The maximum absolute atomic E-state index is 10.5. The van der Waals surface area contributed by atoms with E-state index in [4.69, 9.17) is 5.11 Å². The molecule has 0 aliphatic rings. The highest BCUT2D eigenvalue weighted by atomic mass is 79.9. The van der Waals surface area contributed by atoms with Crippen molar-refractivity contribution < 1.29 is 14.8 Å². The molecule has 6 nitrogen and oxygen atoms in total. The zero-order valence-electron chi connectivity index (χ0n) is 7.65. The van der Waals surface area contributed by atoms with Gasteiger partial charge < -0.3 is 5.11 Å². The molecule has 0 fully saturated rings. The highest BCUT2D eigenvalue weighted by molar-refractivity contribution is 9.10. The maximum atomic E-state index is 10.5. The fourth-order valence-electron chi connectivity index (χ4n) is 1.06. The van der Waals surface area contributed by atoms with Crippen molar-refractivity contribution in [1.29, 1.82) is 0 Å². The first-order valence-electron chi connectivity index (χ1n) is 3.86. The lowest BCUT2D eigenvalue weighted by molar-refractivity contribution is -0.384. The van der Waals surface area contributed by atoms with Crippen LogP contribution < -0.4 is 5.32 Å². The van der Waals surface area contributed by atoms with Crippen LogP contribution in [0.1, 0.15) is 5.56 Å². The predicted molar refractivity (Wildman–Crippen MR) is 57.2 cm³/mol. The van der Waals surface area contributed by atoms with Crippen LogP contribution in [0.3, 0.4) is 0 Å². The number of rotatable bonds is 2. The van der Waals surface area contributed by atoms with Crippen LogP contribution >= 0.6 is 15.9 Å². The SMILES string of the molecule is Cc1cc([N+](=O)[O-])cc(NC(=O)O)c1Br. The highest BCUT2D eigenvalue weighted by Crippen LogP contribution is 2.30. The molecule has 0 radical (unpaired) electrons. The van der Waals surface area contributed by atoms with Crippen LogP contribution in [0, 0.1) is 17.0 Å². The van der Waals surface area contributed by atoms with Gasteiger partial charge in [0.2, 0.25) is 0 Å². The van der Waals surface area contributed by atoms with Gasteiger partial charge in [0.05, 0.1) is 10.6 Å². The molecule has 0 saturated heterocycles. The van der Waals surface area contributed by atoms with Crippen LogP contribution in [-0.2, 0) is 0 Å². The third-order valence-corrected chi connectivity index (χ3v) is 2.74. The fourth-order valence-corrected chi connectivity index (χ4v) is 1.39. The molecule has 0 aliphatic heterocycles. The average Bonchev–Trinajstić information content (AvgIpc) is 2.11. The van der Waals surface area contributed by atoms with E-state index >= 15 is 0 Å². The van der Waals surface area contributed by atoms with Crippen molar-refractivity contribution in [3.05, 3.63) is 32.3 Å². The fraction of sp³-hybridized carbons (Fsp3) is 0.125. The number of carbonyl (C=O) groups is 1. The van der Waals surface area contributed by atoms with Gasteiger partial charge in [0.1, 0.15) is 0 Å². The minimum absolute atomic E-state index is 0.153. The number of nitro groups is 1. The Balaban J connectivity index is 3.24. The summed E-state index contributed by atoms with van der Waals surface area (Å²) < 4.78 is 0.496. The van der Waals surface area contributed by atoms with E-state index in [2.05, 4.69) is 21.2 Å². The van der Waals surface area contributed by atoms with E-state index in [1.165, 1.54) is 6.07 Å². The summed E-state index contributed by atoms with van der Waals surface area (Å²) in [6.07, 6.45) is -1.27. The average molecular weight is 275 g/mol. The number of anilines is 1. The Morgan fingerprint density at radius 3 is 2.67 bits per heavy atom. The third kappa shape index (κ3) is 2.66. The first kappa shape index (κ1) is 11.4. The van der Waals surface area contributed by atoms with Gasteiger partial charge in [-0.1, -0.05) is 0 Å². The zero-order chi connectivity index (χ0) is 11.6. The van der Waals surface area contributed by atoms with Crippen LogP contribution in [0.15, 0.2) is 16.6 Å². The van der Waals surface area contributed by atoms with Crippen molar-refractivity contribution in [1.82, 2.24) is 0 Å². The van der Waals surface area contributed by atoms with Gasteiger partial charge in [-0.3, -0.25) is 15.4 Å². The van der Waals surface area contributed by atoms with Crippen LogP contribution in [0.25, 0.3) is 0 Å². The maximum Gasteiger partial charge on any atom is 0.409 e. The lowest BCUT2D eigenvalue weighted by Gasteiger charge is -2.06. The molecule has 1 aromatic rings. The molecular formula is C8H7BrN2O4. The van der Waals surface area contributed by atoms with Crippen LogP contribution in [0.4, 0.5) is 16.2 Å². The second-order valence-corrected chi connectivity index (χ2v) is 3.60. The number of amides is 1. The van der Waals surface area contributed by atoms with Crippen molar-refractivity contribution >= 4 is 33.4 Å². The molecule has 0 unspecified atom stereocenters. The molecule has 7 heteroatoms. The lowest BCUT2D eigenvalue weighted by Crippen LogP contribution is -2.08. The molecule has 80 valence electrons. The normalized spacial score (nSPS) is 9.73. The third-order valence-electron chi connectivity index (χ3n) is 1.69. The zero-order valence-corrected chi connectivity index (χ0v) is 9.24. The number of benzene rings is 1. The van der Waals surface area contributed by atoms with Crippen LogP contribution in [-0.4, -0.2) is 16.1 Å². The molecule has 1 aromatic carbocycles. The summed E-state index contributed by atoms with van der Waals surface area (Å²) in [5.74, 6) is 0. The van der Waals surface area contributed by atoms with Gasteiger partial charge in [0, 0.05) is 16.6 Å². The second kappa shape index (κ2) is 4.26. The van der Waals surface area contributed by atoms with E-state index in [0.29, 0.717) is 10.0 Å². The molecule has 1 amide bonds. The summed E-state index contributed by atoms with van der Waals surface area (Å²) in [6, 6.07) is 2.52. The molecule has 0 saturated carbocycles. The number of non-ortho nitro benzene ring substituents is 1. The van der Waals surface area contributed by atoms with E-state index in [0.717, 1.165) is 6.07 Å². The van der Waals surface area contributed by atoms with Crippen molar-refractivity contribution in [3.63, 3.8) is 0 Å². The molecule has 0 spiro atoms. The van der Waals surface area contributed by atoms with Gasteiger partial charge in [0.15, 0.2) is 0 Å². The minimum atomic E-state index is -1.27. The van der Waals surface area contributed by atoms with Gasteiger partial charge in [0.25, 0.3) is 5.69 Å². The van der Waals surface area contributed by atoms with Crippen molar-refractivity contribution in [2.24, 2.45) is 0 Å². The second-order valence-electron chi connectivity index (χ2n) is 2.81. The summed E-state index contributed by atoms with van der Waals surface area (Å²) in [7, 11) is 0. The number of halogens is 1. The first-order chi connectivity index (χ1) is 6.91. The number of nitrogens with zero attached hydrogens (tertiary/aromatic N) is 1. The Morgan fingerprint density at radius 2 is 2.20 bits per heavy atom. The van der Waals surface area contributed by atoms with Gasteiger partial charge in [-0.2, -0.15) is 0 Å². The van der Waals surface area contributed by atoms with Crippen molar-refractivity contribution in [2.45, 2.75) is 6.92 Å².